The van der Waals surface area contributed by atoms with Gasteiger partial charge in [-0.05, 0) is 18.2 Å². The van der Waals surface area contributed by atoms with Gasteiger partial charge in [-0.15, -0.1) is 0 Å². The second-order valence-electron chi connectivity index (χ2n) is 5.97. The van der Waals surface area contributed by atoms with Crippen molar-refractivity contribution in [2.75, 3.05) is 13.2 Å². The Labute approximate surface area is 166 Å². The summed E-state index contributed by atoms with van der Waals surface area (Å²) in [4.78, 5) is 33.7. The number of benzene rings is 2. The van der Waals surface area contributed by atoms with Gasteiger partial charge in [0.2, 0.25) is 11.2 Å². The van der Waals surface area contributed by atoms with E-state index in [2.05, 4.69) is 0 Å². The lowest BCUT2D eigenvalue weighted by Crippen LogP contribution is -2.10. The molecule has 156 valence electrons. The van der Waals surface area contributed by atoms with Crippen molar-refractivity contribution in [3.8, 4) is 40.1 Å². The van der Waals surface area contributed by atoms with Crippen molar-refractivity contribution in [2.45, 2.75) is 0 Å². The molecule has 0 saturated carbocycles. The van der Waals surface area contributed by atoms with E-state index in [1.165, 1.54) is 12.1 Å². The lowest BCUT2D eigenvalue weighted by molar-refractivity contribution is -0.140. The van der Waals surface area contributed by atoms with E-state index in [0.717, 1.165) is 18.2 Å². The fraction of sp³-hybridized carbons (Fsp3) is 0.105. The third-order valence-corrected chi connectivity index (χ3v) is 3.86. The van der Waals surface area contributed by atoms with Gasteiger partial charge in [0.1, 0.15) is 22.5 Å². The molecule has 0 atom stereocenters. The normalized spacial score (nSPS) is 10.7. The Balaban J connectivity index is 2.08. The summed E-state index contributed by atoms with van der Waals surface area (Å²) in [5.41, 5.74) is -1.14. The van der Waals surface area contributed by atoms with Gasteiger partial charge in [0.05, 0.1) is 0 Å². The molecule has 2 aromatic carbocycles. The van der Waals surface area contributed by atoms with Crippen LogP contribution in [-0.4, -0.2) is 50.7 Å². The summed E-state index contributed by atoms with van der Waals surface area (Å²) in [6.07, 6.45) is 0. The van der Waals surface area contributed by atoms with Crippen molar-refractivity contribution in [3.63, 3.8) is 0 Å². The quantitative estimate of drug-likeness (QED) is 0.374. The van der Waals surface area contributed by atoms with Gasteiger partial charge in [-0.2, -0.15) is 0 Å². The minimum atomic E-state index is -1.26. The molecule has 0 aliphatic carbocycles. The van der Waals surface area contributed by atoms with Crippen LogP contribution in [0.3, 0.4) is 0 Å². The van der Waals surface area contributed by atoms with Crippen LogP contribution in [-0.2, 0) is 9.59 Å². The summed E-state index contributed by atoms with van der Waals surface area (Å²) < 4.78 is 15.4. The predicted molar refractivity (Wildman–Crippen MR) is 99.2 cm³/mol. The lowest BCUT2D eigenvalue weighted by atomic mass is 10.1. The van der Waals surface area contributed by atoms with E-state index in [0.29, 0.717) is 0 Å². The summed E-state index contributed by atoms with van der Waals surface area (Å²) in [5.74, 6) is -5.03. The highest BCUT2D eigenvalue weighted by atomic mass is 16.5. The monoisotopic (exact) mass is 418 g/mol. The largest absolute Gasteiger partial charge is 0.507 e. The van der Waals surface area contributed by atoms with Crippen molar-refractivity contribution in [3.05, 3.63) is 40.6 Å². The maximum Gasteiger partial charge on any atom is 0.341 e. The highest BCUT2D eigenvalue weighted by molar-refractivity contribution is 5.88. The summed E-state index contributed by atoms with van der Waals surface area (Å²) in [5, 5.41) is 47.3. The molecule has 0 amide bonds. The van der Waals surface area contributed by atoms with Crippen LogP contribution in [0.5, 0.6) is 28.7 Å². The molecule has 0 bridgehead atoms. The molecule has 3 rings (SSSR count). The molecule has 5 N–H and O–H groups in total. The number of rotatable bonds is 7. The molecule has 0 fully saturated rings. The van der Waals surface area contributed by atoms with E-state index in [4.69, 9.17) is 24.1 Å². The van der Waals surface area contributed by atoms with E-state index in [-0.39, 0.29) is 33.8 Å². The Hall–Kier alpha value is -4.41. The maximum atomic E-state index is 12.5. The number of phenols is 2. The van der Waals surface area contributed by atoms with E-state index >= 15 is 0 Å². The Kier molecular flexibility index (Phi) is 5.36. The Morgan fingerprint density at radius 1 is 0.900 bits per heavy atom. The summed E-state index contributed by atoms with van der Waals surface area (Å²) in [6.45, 7) is -1.40. The van der Waals surface area contributed by atoms with Crippen LogP contribution in [0.15, 0.2) is 39.5 Å². The van der Waals surface area contributed by atoms with Crippen LogP contribution in [0.4, 0.5) is 0 Å². The lowest BCUT2D eigenvalue weighted by Gasteiger charge is -2.11. The fourth-order valence-corrected chi connectivity index (χ4v) is 2.61. The Bertz CT molecular complexity index is 1210. The molecule has 0 spiro atoms. The van der Waals surface area contributed by atoms with Gasteiger partial charge >= 0.3 is 11.9 Å². The van der Waals surface area contributed by atoms with Crippen LogP contribution in [0, 0.1) is 0 Å². The Morgan fingerprint density at radius 3 is 2.20 bits per heavy atom. The van der Waals surface area contributed by atoms with Gasteiger partial charge in [0, 0.05) is 17.7 Å². The van der Waals surface area contributed by atoms with E-state index < -0.39 is 47.8 Å². The molecule has 1 heterocycles. The van der Waals surface area contributed by atoms with Crippen LogP contribution in [0.2, 0.25) is 0 Å². The number of hydrogen-bond donors (Lipinski definition) is 5. The fourth-order valence-electron chi connectivity index (χ4n) is 2.61. The van der Waals surface area contributed by atoms with E-state index in [9.17, 15) is 29.7 Å². The average molecular weight is 418 g/mol. The molecule has 0 aliphatic heterocycles. The zero-order valence-corrected chi connectivity index (χ0v) is 15.0. The SMILES string of the molecule is O=C(O)COc1cc(O)c2c(=O)c(O)c(-c3ccc(OCC(=O)O)c(O)c3)oc2c1. The van der Waals surface area contributed by atoms with Gasteiger partial charge in [-0.1, -0.05) is 0 Å². The predicted octanol–water partition coefficient (Wildman–Crippen LogP) is 1.50. The number of carboxylic acid groups (broad SMARTS) is 2. The first kappa shape index (κ1) is 20.3. The first-order valence-corrected chi connectivity index (χ1v) is 8.22. The van der Waals surface area contributed by atoms with Crippen LogP contribution in [0.1, 0.15) is 0 Å². The first-order chi connectivity index (χ1) is 14.2. The molecule has 11 nitrogen and oxygen atoms in total. The van der Waals surface area contributed by atoms with E-state index in [1.54, 1.807) is 0 Å². The number of ether oxygens (including phenoxy) is 2. The van der Waals surface area contributed by atoms with Gasteiger partial charge < -0.3 is 39.4 Å². The highest BCUT2D eigenvalue weighted by Crippen LogP contribution is 2.38. The van der Waals surface area contributed by atoms with Gasteiger partial charge in [-0.25, -0.2) is 9.59 Å². The van der Waals surface area contributed by atoms with Crippen LogP contribution in [0.25, 0.3) is 22.3 Å². The average Bonchev–Trinajstić information content (AvgIpc) is 2.67. The molecule has 0 saturated heterocycles. The topological polar surface area (TPSA) is 184 Å². The minimum absolute atomic E-state index is 0.0445. The molecular formula is C19H14O11. The first-order valence-electron chi connectivity index (χ1n) is 8.22. The maximum absolute atomic E-state index is 12.5. The number of aromatic hydroxyl groups is 3. The molecule has 3 aromatic rings. The molecule has 0 radical (unpaired) electrons. The summed E-state index contributed by atoms with van der Waals surface area (Å²) >= 11 is 0. The number of hydrogen-bond acceptors (Lipinski definition) is 9. The standard InChI is InChI=1S/C19H14O11/c20-10-3-8(1-2-12(10)29-7-15(24)25)19-18(27)17(26)16-11(21)4-9(5-13(16)30-19)28-6-14(22)23/h1-5,20-21,27H,6-7H2,(H,22,23)(H,24,25). The second kappa shape index (κ2) is 7.91. The number of carboxylic acids is 2. The van der Waals surface area contributed by atoms with Crippen LogP contribution < -0.4 is 14.9 Å². The van der Waals surface area contributed by atoms with Crippen molar-refractivity contribution < 1.29 is 49.0 Å². The molecule has 1 aromatic heterocycles. The van der Waals surface area contributed by atoms with Crippen molar-refractivity contribution in [2.24, 2.45) is 0 Å². The third kappa shape index (κ3) is 4.04. The summed E-state index contributed by atoms with van der Waals surface area (Å²) in [6, 6.07) is 5.74. The minimum Gasteiger partial charge on any atom is -0.507 e. The van der Waals surface area contributed by atoms with Crippen molar-refractivity contribution >= 4 is 22.9 Å². The second-order valence-corrected chi connectivity index (χ2v) is 5.97. The van der Waals surface area contributed by atoms with Crippen molar-refractivity contribution in [1.82, 2.24) is 0 Å². The van der Waals surface area contributed by atoms with Crippen LogP contribution >= 0.6 is 0 Å². The molecule has 0 unspecified atom stereocenters. The molecule has 11 heteroatoms. The highest BCUT2D eigenvalue weighted by Gasteiger charge is 2.20. The van der Waals surface area contributed by atoms with Gasteiger partial charge in [0.25, 0.3) is 0 Å². The number of carbonyl (C=O) groups is 2. The number of fused-ring (bicyclic) bond motifs is 1. The van der Waals surface area contributed by atoms with Gasteiger partial charge in [0.15, 0.2) is 30.5 Å². The Morgan fingerprint density at radius 2 is 1.57 bits per heavy atom. The smallest absolute Gasteiger partial charge is 0.341 e. The zero-order chi connectivity index (χ0) is 22.0. The van der Waals surface area contributed by atoms with E-state index in [1.807, 2.05) is 0 Å². The third-order valence-electron chi connectivity index (χ3n) is 3.86. The summed E-state index contributed by atoms with van der Waals surface area (Å²) in [7, 11) is 0. The van der Waals surface area contributed by atoms with Crippen molar-refractivity contribution in [1.29, 1.82) is 0 Å². The van der Waals surface area contributed by atoms with Gasteiger partial charge in [-0.3, -0.25) is 4.79 Å². The zero-order valence-electron chi connectivity index (χ0n) is 15.0. The number of aliphatic carboxylic acids is 2. The molecule has 30 heavy (non-hydrogen) atoms. The number of phenolic OH excluding ortho intramolecular Hbond substituents is 2. The molecular weight excluding hydrogens is 404 g/mol. The molecule has 0 aliphatic rings.